The van der Waals surface area contributed by atoms with Crippen molar-refractivity contribution in [3.05, 3.63) is 18.5 Å². The van der Waals surface area contributed by atoms with Crippen molar-refractivity contribution < 1.29 is 14.7 Å². The van der Waals surface area contributed by atoms with Crippen molar-refractivity contribution >= 4 is 17.9 Å². The van der Waals surface area contributed by atoms with Gasteiger partial charge in [0.2, 0.25) is 5.95 Å². The van der Waals surface area contributed by atoms with Crippen LogP contribution in [-0.4, -0.2) is 64.2 Å². The monoisotopic (exact) mass is 319 g/mol. The summed E-state index contributed by atoms with van der Waals surface area (Å²) in [5, 5.41) is 12.0. The highest BCUT2D eigenvalue weighted by atomic mass is 16.4. The highest BCUT2D eigenvalue weighted by Crippen LogP contribution is 2.18. The van der Waals surface area contributed by atoms with E-state index in [9.17, 15) is 9.59 Å². The third kappa shape index (κ3) is 3.69. The predicted octanol–water partition coefficient (Wildman–Crippen LogP) is 0.561. The average molecular weight is 319 g/mol. The van der Waals surface area contributed by atoms with Gasteiger partial charge >= 0.3 is 12.0 Å². The number of carboxylic acids is 1. The minimum absolute atomic E-state index is 0.0314. The molecular weight excluding hydrogens is 298 g/mol. The zero-order valence-electron chi connectivity index (χ0n) is 12.9. The van der Waals surface area contributed by atoms with Crippen LogP contribution in [0.5, 0.6) is 0 Å². The molecule has 2 atom stereocenters. The summed E-state index contributed by atoms with van der Waals surface area (Å²) in [6.45, 7) is 2.34. The molecule has 8 nitrogen and oxygen atoms in total. The maximum absolute atomic E-state index is 12.3. The normalized spacial score (nSPS) is 24.5. The summed E-state index contributed by atoms with van der Waals surface area (Å²) in [4.78, 5) is 35.4. The maximum atomic E-state index is 12.3. The van der Waals surface area contributed by atoms with Crippen LogP contribution in [0.3, 0.4) is 0 Å². The third-order valence-electron chi connectivity index (χ3n) is 4.41. The Morgan fingerprint density at radius 2 is 1.96 bits per heavy atom. The Bertz CT molecular complexity index is 567. The van der Waals surface area contributed by atoms with Gasteiger partial charge < -0.3 is 20.2 Å². The number of aromatic nitrogens is 2. The van der Waals surface area contributed by atoms with Crippen LogP contribution in [0.1, 0.15) is 19.3 Å². The Hall–Kier alpha value is -2.38. The Morgan fingerprint density at radius 3 is 2.65 bits per heavy atom. The van der Waals surface area contributed by atoms with Crippen LogP contribution in [0.4, 0.5) is 10.7 Å². The molecule has 2 aliphatic rings. The first-order valence-electron chi connectivity index (χ1n) is 7.93. The second-order valence-electron chi connectivity index (χ2n) is 6.05. The number of urea groups is 1. The number of piperidine rings is 1. The van der Waals surface area contributed by atoms with Crippen LogP contribution in [0.25, 0.3) is 0 Å². The van der Waals surface area contributed by atoms with E-state index in [4.69, 9.17) is 5.11 Å². The number of nitrogens with zero attached hydrogens (tertiary/aromatic N) is 4. The van der Waals surface area contributed by atoms with Crippen molar-refractivity contribution in [2.45, 2.75) is 25.3 Å². The number of anilines is 1. The predicted molar refractivity (Wildman–Crippen MR) is 83.1 cm³/mol. The lowest BCUT2D eigenvalue weighted by Crippen LogP contribution is -2.51. The first-order chi connectivity index (χ1) is 11.1. The molecule has 1 aromatic heterocycles. The Kier molecular flexibility index (Phi) is 4.59. The molecule has 2 unspecified atom stereocenters. The summed E-state index contributed by atoms with van der Waals surface area (Å²) in [5.74, 6) is -0.592. The minimum Gasteiger partial charge on any atom is -0.481 e. The SMILES string of the molecule is O=C(O)C1CCN(C(=O)NC2CCCN(c3ncccn3)C2)C1. The molecule has 3 rings (SSSR count). The number of hydrogen-bond acceptors (Lipinski definition) is 5. The molecule has 0 radical (unpaired) electrons. The maximum Gasteiger partial charge on any atom is 0.317 e. The second-order valence-corrected chi connectivity index (χ2v) is 6.05. The lowest BCUT2D eigenvalue weighted by molar-refractivity contribution is -0.141. The Balaban J connectivity index is 1.54. The number of aliphatic carboxylic acids is 1. The van der Waals surface area contributed by atoms with Crippen LogP contribution in [0.15, 0.2) is 18.5 Å². The summed E-state index contributed by atoms with van der Waals surface area (Å²) < 4.78 is 0. The quantitative estimate of drug-likeness (QED) is 0.845. The zero-order valence-corrected chi connectivity index (χ0v) is 12.9. The molecule has 2 saturated heterocycles. The fourth-order valence-corrected chi connectivity index (χ4v) is 3.14. The van der Waals surface area contributed by atoms with Crippen molar-refractivity contribution in [3.63, 3.8) is 0 Å². The van der Waals surface area contributed by atoms with Crippen molar-refractivity contribution in [1.29, 1.82) is 0 Å². The largest absolute Gasteiger partial charge is 0.481 e. The zero-order chi connectivity index (χ0) is 16.2. The van der Waals surface area contributed by atoms with Crippen LogP contribution in [-0.2, 0) is 4.79 Å². The van der Waals surface area contributed by atoms with Gasteiger partial charge in [0.15, 0.2) is 0 Å². The van der Waals surface area contributed by atoms with Crippen molar-refractivity contribution in [1.82, 2.24) is 20.2 Å². The molecule has 2 amide bonds. The van der Waals surface area contributed by atoms with Gasteiger partial charge in [-0.05, 0) is 25.3 Å². The molecule has 0 spiro atoms. The number of amides is 2. The van der Waals surface area contributed by atoms with Crippen molar-refractivity contribution in [3.8, 4) is 0 Å². The van der Waals surface area contributed by atoms with Crippen molar-refractivity contribution in [2.24, 2.45) is 5.92 Å². The summed E-state index contributed by atoms with van der Waals surface area (Å²) in [5.41, 5.74) is 0. The highest BCUT2D eigenvalue weighted by molar-refractivity contribution is 5.77. The van der Waals surface area contributed by atoms with E-state index in [2.05, 4.69) is 20.2 Å². The van der Waals surface area contributed by atoms with Gasteiger partial charge in [-0.15, -0.1) is 0 Å². The third-order valence-corrected chi connectivity index (χ3v) is 4.41. The number of hydrogen-bond donors (Lipinski definition) is 2. The van der Waals surface area contributed by atoms with E-state index in [1.54, 1.807) is 23.4 Å². The number of carboxylic acid groups (broad SMARTS) is 1. The highest BCUT2D eigenvalue weighted by Gasteiger charge is 2.32. The van der Waals surface area contributed by atoms with Gasteiger partial charge in [-0.3, -0.25) is 4.79 Å². The molecule has 2 aliphatic heterocycles. The number of likely N-dealkylation sites (tertiary alicyclic amines) is 1. The molecule has 0 aliphatic carbocycles. The van der Waals surface area contributed by atoms with E-state index < -0.39 is 11.9 Å². The van der Waals surface area contributed by atoms with E-state index in [-0.39, 0.29) is 12.1 Å². The van der Waals surface area contributed by atoms with Crippen LogP contribution < -0.4 is 10.2 Å². The Labute approximate surface area is 134 Å². The van der Waals surface area contributed by atoms with Gasteiger partial charge in [0.1, 0.15) is 0 Å². The number of carbonyl (C=O) groups excluding carboxylic acids is 1. The van der Waals surface area contributed by atoms with Gasteiger partial charge in [0.25, 0.3) is 0 Å². The summed E-state index contributed by atoms with van der Waals surface area (Å²) in [6, 6.07) is 1.64. The summed E-state index contributed by atoms with van der Waals surface area (Å²) in [6.07, 6.45) is 5.81. The summed E-state index contributed by atoms with van der Waals surface area (Å²) >= 11 is 0. The van der Waals surface area contributed by atoms with E-state index in [1.165, 1.54) is 0 Å². The van der Waals surface area contributed by atoms with Gasteiger partial charge in [0, 0.05) is 44.6 Å². The second kappa shape index (κ2) is 6.80. The van der Waals surface area contributed by atoms with Crippen molar-refractivity contribution in [2.75, 3.05) is 31.1 Å². The fourth-order valence-electron chi connectivity index (χ4n) is 3.14. The van der Waals surface area contributed by atoms with Crippen LogP contribution in [0.2, 0.25) is 0 Å². The molecule has 2 fully saturated rings. The van der Waals surface area contributed by atoms with Gasteiger partial charge in [-0.2, -0.15) is 0 Å². The molecule has 0 aromatic carbocycles. The van der Waals surface area contributed by atoms with E-state index >= 15 is 0 Å². The molecule has 8 heteroatoms. The molecule has 0 saturated carbocycles. The summed E-state index contributed by atoms with van der Waals surface area (Å²) in [7, 11) is 0. The van der Waals surface area contributed by atoms with E-state index in [0.29, 0.717) is 32.0 Å². The molecule has 0 bridgehead atoms. The Morgan fingerprint density at radius 1 is 1.17 bits per heavy atom. The van der Waals surface area contributed by atoms with Gasteiger partial charge in [0.05, 0.1) is 5.92 Å². The topological polar surface area (TPSA) is 98.7 Å². The smallest absolute Gasteiger partial charge is 0.317 e. The molecule has 124 valence electrons. The van der Waals surface area contributed by atoms with Gasteiger partial charge in [-0.25, -0.2) is 14.8 Å². The molecule has 2 N–H and O–H groups in total. The molecule has 3 heterocycles. The lowest BCUT2D eigenvalue weighted by atomic mass is 10.1. The van der Waals surface area contributed by atoms with Gasteiger partial charge in [-0.1, -0.05) is 0 Å². The molecular formula is C15H21N5O3. The fraction of sp³-hybridized carbons (Fsp3) is 0.600. The standard InChI is InChI=1S/C15H21N5O3/c21-13(22)11-4-8-20(9-11)15(23)18-12-3-1-7-19(10-12)14-16-5-2-6-17-14/h2,5-6,11-12H,1,3-4,7-10H2,(H,18,23)(H,21,22). The lowest BCUT2D eigenvalue weighted by Gasteiger charge is -2.33. The number of rotatable bonds is 3. The molecule has 23 heavy (non-hydrogen) atoms. The van der Waals surface area contributed by atoms with Crippen LogP contribution in [0, 0.1) is 5.92 Å². The minimum atomic E-state index is -0.828. The van der Waals surface area contributed by atoms with Crippen LogP contribution >= 0.6 is 0 Å². The number of nitrogens with one attached hydrogen (secondary N) is 1. The first-order valence-corrected chi connectivity index (χ1v) is 7.93. The number of carbonyl (C=O) groups is 2. The van der Waals surface area contributed by atoms with E-state index in [1.807, 2.05) is 0 Å². The molecule has 1 aromatic rings. The first kappa shape index (κ1) is 15.5. The average Bonchev–Trinajstić information content (AvgIpc) is 3.06. The van der Waals surface area contributed by atoms with E-state index in [0.717, 1.165) is 19.4 Å².